The van der Waals surface area contributed by atoms with Crippen LogP contribution in [-0.4, -0.2) is 17.0 Å². The van der Waals surface area contributed by atoms with E-state index in [0.29, 0.717) is 0 Å². The van der Waals surface area contributed by atoms with Crippen LogP contribution in [0.25, 0.3) is 0 Å². The largest absolute Gasteiger partial charge is 0.477 e. The lowest BCUT2D eigenvalue weighted by Gasteiger charge is -2.05. The van der Waals surface area contributed by atoms with E-state index in [2.05, 4.69) is 21.2 Å². The number of thiophene rings is 1. The van der Waals surface area contributed by atoms with Crippen LogP contribution in [0.4, 0.5) is 13.8 Å². The lowest BCUT2D eigenvalue weighted by molar-refractivity contribution is 0.0702. The number of hydrogen-bond donors (Lipinski definition) is 2. The van der Waals surface area contributed by atoms with Crippen LogP contribution >= 0.6 is 27.3 Å². The molecule has 0 bridgehead atoms. The van der Waals surface area contributed by atoms with Gasteiger partial charge in [-0.05, 0) is 24.3 Å². The number of amides is 1. The van der Waals surface area contributed by atoms with Crippen LogP contribution in [0, 0.1) is 11.6 Å². The molecule has 20 heavy (non-hydrogen) atoms. The predicted molar refractivity (Wildman–Crippen MR) is 73.3 cm³/mol. The van der Waals surface area contributed by atoms with Crippen LogP contribution in [0.5, 0.6) is 0 Å². The Bertz CT molecular complexity index is 679. The first-order valence-corrected chi connectivity index (χ1v) is 6.78. The Morgan fingerprint density at radius 3 is 2.30 bits per heavy atom. The second-order valence-electron chi connectivity index (χ2n) is 3.67. The summed E-state index contributed by atoms with van der Waals surface area (Å²) in [5.41, 5.74) is -0.724. The van der Waals surface area contributed by atoms with Crippen LogP contribution < -0.4 is 5.32 Å². The van der Waals surface area contributed by atoms with E-state index in [1.807, 2.05) is 0 Å². The van der Waals surface area contributed by atoms with Crippen molar-refractivity contribution in [2.75, 3.05) is 5.32 Å². The van der Waals surface area contributed by atoms with Gasteiger partial charge >= 0.3 is 5.97 Å². The van der Waals surface area contributed by atoms with Crippen molar-refractivity contribution in [3.8, 4) is 0 Å². The van der Waals surface area contributed by atoms with E-state index in [-0.39, 0.29) is 14.4 Å². The Morgan fingerprint density at radius 1 is 1.20 bits per heavy atom. The standard InChI is InChI=1S/C12H6BrF2NO3S/c13-5-3-6(14)10(7(15)4-5)11(17)16-9-2-1-8(20-9)12(18)19/h1-4H,(H,16,17)(H,18,19). The summed E-state index contributed by atoms with van der Waals surface area (Å²) < 4.78 is 27.3. The minimum atomic E-state index is -1.14. The molecule has 0 fully saturated rings. The monoisotopic (exact) mass is 361 g/mol. The number of carbonyl (C=O) groups excluding carboxylic acids is 1. The van der Waals surface area contributed by atoms with Crippen molar-refractivity contribution in [3.63, 3.8) is 0 Å². The van der Waals surface area contributed by atoms with Crippen molar-refractivity contribution in [2.24, 2.45) is 0 Å². The number of carboxylic acid groups (broad SMARTS) is 1. The van der Waals surface area contributed by atoms with E-state index in [4.69, 9.17) is 5.11 Å². The van der Waals surface area contributed by atoms with Crippen LogP contribution in [0.3, 0.4) is 0 Å². The van der Waals surface area contributed by atoms with Gasteiger partial charge in [0.1, 0.15) is 22.1 Å². The molecule has 0 radical (unpaired) electrons. The third-order valence-corrected chi connectivity index (χ3v) is 3.73. The zero-order valence-electron chi connectivity index (χ0n) is 9.62. The van der Waals surface area contributed by atoms with Gasteiger partial charge in [-0.1, -0.05) is 15.9 Å². The maximum absolute atomic E-state index is 13.6. The summed E-state index contributed by atoms with van der Waals surface area (Å²) in [4.78, 5) is 22.5. The molecule has 4 nitrogen and oxygen atoms in total. The lowest BCUT2D eigenvalue weighted by Crippen LogP contribution is -2.15. The summed E-state index contributed by atoms with van der Waals surface area (Å²) in [7, 11) is 0. The van der Waals surface area contributed by atoms with Crippen molar-refractivity contribution >= 4 is 44.1 Å². The van der Waals surface area contributed by atoms with Gasteiger partial charge in [0, 0.05) is 4.47 Å². The van der Waals surface area contributed by atoms with E-state index in [1.165, 1.54) is 12.1 Å². The first-order valence-electron chi connectivity index (χ1n) is 5.17. The van der Waals surface area contributed by atoms with Crippen molar-refractivity contribution in [1.82, 2.24) is 0 Å². The number of halogens is 3. The number of carbonyl (C=O) groups is 2. The number of anilines is 1. The molecule has 1 amide bonds. The van der Waals surface area contributed by atoms with Crippen molar-refractivity contribution in [3.05, 3.63) is 50.8 Å². The number of nitrogens with one attached hydrogen (secondary N) is 1. The molecule has 2 N–H and O–H groups in total. The maximum Gasteiger partial charge on any atom is 0.345 e. The quantitative estimate of drug-likeness (QED) is 0.874. The summed E-state index contributed by atoms with van der Waals surface area (Å²) in [5.74, 6) is -4.14. The first-order chi connectivity index (χ1) is 9.38. The van der Waals surface area contributed by atoms with E-state index in [9.17, 15) is 18.4 Å². The van der Waals surface area contributed by atoms with Gasteiger partial charge in [-0.25, -0.2) is 13.6 Å². The van der Waals surface area contributed by atoms with E-state index in [0.717, 1.165) is 23.5 Å². The average Bonchev–Trinajstić information content (AvgIpc) is 2.75. The van der Waals surface area contributed by atoms with Gasteiger partial charge in [0.05, 0.1) is 5.00 Å². The van der Waals surface area contributed by atoms with Crippen molar-refractivity contribution in [1.29, 1.82) is 0 Å². The molecular formula is C12H6BrF2NO3S. The smallest absolute Gasteiger partial charge is 0.345 e. The fraction of sp³-hybridized carbons (Fsp3) is 0. The van der Waals surface area contributed by atoms with Gasteiger partial charge < -0.3 is 10.4 Å². The normalized spacial score (nSPS) is 10.3. The van der Waals surface area contributed by atoms with Crippen molar-refractivity contribution < 1.29 is 23.5 Å². The van der Waals surface area contributed by atoms with Crippen LogP contribution in [-0.2, 0) is 0 Å². The molecule has 104 valence electrons. The second kappa shape index (κ2) is 5.68. The second-order valence-corrected chi connectivity index (χ2v) is 5.67. The number of aromatic carboxylic acids is 1. The van der Waals surface area contributed by atoms with E-state index >= 15 is 0 Å². The Kier molecular flexibility index (Phi) is 4.15. The highest BCUT2D eigenvalue weighted by atomic mass is 79.9. The minimum Gasteiger partial charge on any atom is -0.477 e. The molecule has 2 aromatic rings. The van der Waals surface area contributed by atoms with Gasteiger partial charge in [-0.2, -0.15) is 0 Å². The molecule has 0 aliphatic rings. The molecule has 2 rings (SSSR count). The van der Waals surface area contributed by atoms with E-state index < -0.39 is 29.1 Å². The number of carboxylic acids is 1. The topological polar surface area (TPSA) is 66.4 Å². The minimum absolute atomic E-state index is 0.0112. The fourth-order valence-corrected chi connectivity index (χ4v) is 2.60. The lowest BCUT2D eigenvalue weighted by atomic mass is 10.2. The summed E-state index contributed by atoms with van der Waals surface area (Å²) in [5, 5.41) is 11.2. The van der Waals surface area contributed by atoms with Gasteiger partial charge in [-0.3, -0.25) is 4.79 Å². The highest BCUT2D eigenvalue weighted by molar-refractivity contribution is 9.10. The van der Waals surface area contributed by atoms with Gasteiger partial charge in [0.2, 0.25) is 0 Å². The highest BCUT2D eigenvalue weighted by Gasteiger charge is 2.19. The highest BCUT2D eigenvalue weighted by Crippen LogP contribution is 2.24. The van der Waals surface area contributed by atoms with Crippen molar-refractivity contribution in [2.45, 2.75) is 0 Å². The SMILES string of the molecule is O=C(O)c1ccc(NC(=O)c2c(F)cc(Br)cc2F)s1. The Balaban J connectivity index is 2.26. The molecule has 1 aromatic heterocycles. The van der Waals surface area contributed by atoms with E-state index in [1.54, 1.807) is 0 Å². The molecule has 0 aliphatic heterocycles. The molecule has 8 heteroatoms. The number of rotatable bonds is 3. The van der Waals surface area contributed by atoms with Gasteiger partial charge in [-0.15, -0.1) is 11.3 Å². The summed E-state index contributed by atoms with van der Waals surface area (Å²) in [6.07, 6.45) is 0. The van der Waals surface area contributed by atoms with Gasteiger partial charge in [0.15, 0.2) is 0 Å². The van der Waals surface area contributed by atoms with Crippen LogP contribution in [0.2, 0.25) is 0 Å². The molecule has 1 aromatic carbocycles. The Morgan fingerprint density at radius 2 is 1.80 bits per heavy atom. The maximum atomic E-state index is 13.6. The third-order valence-electron chi connectivity index (χ3n) is 2.29. The Hall–Kier alpha value is -1.80. The molecule has 0 saturated carbocycles. The van der Waals surface area contributed by atoms with Crippen LogP contribution in [0.1, 0.15) is 20.0 Å². The molecule has 0 atom stereocenters. The van der Waals surface area contributed by atoms with Crippen LogP contribution in [0.15, 0.2) is 28.7 Å². The molecule has 0 saturated heterocycles. The summed E-state index contributed by atoms with van der Waals surface area (Å²) >= 11 is 3.70. The molecule has 0 spiro atoms. The zero-order valence-corrected chi connectivity index (χ0v) is 12.0. The summed E-state index contributed by atoms with van der Waals surface area (Å²) in [6.45, 7) is 0. The van der Waals surface area contributed by atoms with Gasteiger partial charge in [0.25, 0.3) is 5.91 Å². The molecule has 1 heterocycles. The molecule has 0 aliphatic carbocycles. The predicted octanol–water partition coefficient (Wildman–Crippen LogP) is 3.74. The number of benzene rings is 1. The average molecular weight is 362 g/mol. The number of hydrogen-bond acceptors (Lipinski definition) is 3. The zero-order chi connectivity index (χ0) is 14.9. The fourth-order valence-electron chi connectivity index (χ4n) is 1.45. The Labute approximate surface area is 124 Å². The summed E-state index contributed by atoms with van der Waals surface area (Å²) in [6, 6.07) is 4.57. The molecular weight excluding hydrogens is 356 g/mol. The first kappa shape index (κ1) is 14.6. The third kappa shape index (κ3) is 3.02. The molecule has 0 unspecified atom stereocenters.